The number of hydrogen-bond acceptors (Lipinski definition) is 3. The van der Waals surface area contributed by atoms with Crippen molar-refractivity contribution < 1.29 is 13.9 Å². The fourth-order valence-corrected chi connectivity index (χ4v) is 3.82. The van der Waals surface area contributed by atoms with Crippen LogP contribution in [0, 0.1) is 11.7 Å². The van der Waals surface area contributed by atoms with Gasteiger partial charge in [-0.1, -0.05) is 44.2 Å². The van der Waals surface area contributed by atoms with E-state index in [1.807, 2.05) is 62.4 Å². The molecule has 0 saturated carbocycles. The van der Waals surface area contributed by atoms with Crippen molar-refractivity contribution in [2.24, 2.45) is 5.92 Å². The van der Waals surface area contributed by atoms with Gasteiger partial charge in [0.15, 0.2) is 0 Å². The van der Waals surface area contributed by atoms with E-state index >= 15 is 0 Å². The van der Waals surface area contributed by atoms with Crippen molar-refractivity contribution in [3.8, 4) is 11.4 Å². The lowest BCUT2D eigenvalue weighted by molar-refractivity contribution is 0.160. The first-order valence-electron chi connectivity index (χ1n) is 11.8. The summed E-state index contributed by atoms with van der Waals surface area (Å²) in [6.07, 6.45) is 1.35. The van der Waals surface area contributed by atoms with E-state index in [1.165, 1.54) is 12.1 Å². The molecule has 0 radical (unpaired) electrons. The van der Waals surface area contributed by atoms with Crippen molar-refractivity contribution in [2.75, 3.05) is 0 Å². The van der Waals surface area contributed by atoms with E-state index in [0.717, 1.165) is 22.2 Å². The van der Waals surface area contributed by atoms with Crippen LogP contribution in [-0.2, 0) is 0 Å². The summed E-state index contributed by atoms with van der Waals surface area (Å²) in [5, 5.41) is 11.4. The Morgan fingerprint density at radius 2 is 1.60 bits per heavy atom. The first-order valence-corrected chi connectivity index (χ1v) is 11.8. The van der Waals surface area contributed by atoms with Gasteiger partial charge in [-0.15, -0.1) is 0 Å². The van der Waals surface area contributed by atoms with Crippen molar-refractivity contribution >= 4 is 16.9 Å². The third-order valence-electron chi connectivity index (χ3n) is 6.17. The zero-order chi connectivity index (χ0) is 24.9. The van der Waals surface area contributed by atoms with Crippen LogP contribution in [0.25, 0.3) is 16.6 Å². The molecule has 0 saturated heterocycles. The largest absolute Gasteiger partial charge is 0.484 e. The highest BCUT2D eigenvalue weighted by molar-refractivity contribution is 5.81. The summed E-state index contributed by atoms with van der Waals surface area (Å²) >= 11 is 0. The Kier molecular flexibility index (Phi) is 7.34. The number of carbonyl (C=O) groups is 1. The molecule has 3 atom stereocenters. The minimum Gasteiger partial charge on any atom is -0.484 e. The number of urea groups is 1. The molecule has 182 valence electrons. The summed E-state index contributed by atoms with van der Waals surface area (Å²) < 4.78 is 21.5. The van der Waals surface area contributed by atoms with Crippen molar-refractivity contribution in [2.45, 2.75) is 45.9 Å². The van der Waals surface area contributed by atoms with Gasteiger partial charge in [-0.25, -0.2) is 13.9 Å². The van der Waals surface area contributed by atoms with Gasteiger partial charge >= 0.3 is 6.03 Å². The number of aromatic nitrogens is 2. The molecular weight excluding hydrogens is 443 g/mol. The molecule has 4 aromatic rings. The maximum absolute atomic E-state index is 13.3. The number of halogens is 1. The van der Waals surface area contributed by atoms with Gasteiger partial charge in [-0.2, -0.15) is 5.10 Å². The summed E-state index contributed by atoms with van der Waals surface area (Å²) in [5.41, 5.74) is 2.62. The number of rotatable bonds is 8. The molecule has 4 rings (SSSR count). The number of fused-ring (bicyclic) bond motifs is 1. The van der Waals surface area contributed by atoms with E-state index < -0.39 is 6.10 Å². The Bertz CT molecular complexity index is 1270. The van der Waals surface area contributed by atoms with Gasteiger partial charge in [0.1, 0.15) is 17.7 Å². The van der Waals surface area contributed by atoms with E-state index in [9.17, 15) is 9.18 Å². The van der Waals surface area contributed by atoms with Crippen molar-refractivity contribution in [3.63, 3.8) is 0 Å². The van der Waals surface area contributed by atoms with E-state index in [2.05, 4.69) is 29.6 Å². The van der Waals surface area contributed by atoms with Crippen LogP contribution in [0.4, 0.5) is 9.18 Å². The van der Waals surface area contributed by atoms with E-state index in [4.69, 9.17) is 4.74 Å². The van der Waals surface area contributed by atoms with Gasteiger partial charge in [0.2, 0.25) is 0 Å². The highest BCUT2D eigenvalue weighted by Gasteiger charge is 2.24. The normalized spacial score (nSPS) is 13.9. The molecule has 0 bridgehead atoms. The smallest absolute Gasteiger partial charge is 0.315 e. The summed E-state index contributed by atoms with van der Waals surface area (Å²) in [6, 6.07) is 21.3. The van der Waals surface area contributed by atoms with Crippen LogP contribution < -0.4 is 15.4 Å². The van der Waals surface area contributed by atoms with Crippen molar-refractivity contribution in [3.05, 3.63) is 90.4 Å². The van der Waals surface area contributed by atoms with E-state index in [-0.39, 0.29) is 23.9 Å². The number of nitrogens with zero attached hydrogens (tertiary/aromatic N) is 2. The predicted octanol–water partition coefficient (Wildman–Crippen LogP) is 6.02. The molecule has 0 unspecified atom stereocenters. The molecule has 2 N–H and O–H groups in total. The summed E-state index contributed by atoms with van der Waals surface area (Å²) in [4.78, 5) is 12.6. The molecule has 0 fully saturated rings. The van der Waals surface area contributed by atoms with E-state index in [0.29, 0.717) is 11.7 Å². The molecular formula is C28H31FN4O2. The average molecular weight is 475 g/mol. The highest BCUT2D eigenvalue weighted by Crippen LogP contribution is 2.29. The summed E-state index contributed by atoms with van der Waals surface area (Å²) in [5.74, 6) is 0.706. The van der Waals surface area contributed by atoms with Gasteiger partial charge < -0.3 is 15.4 Å². The number of benzene rings is 3. The summed E-state index contributed by atoms with van der Waals surface area (Å²) in [7, 11) is 0. The van der Waals surface area contributed by atoms with Gasteiger partial charge in [-0.05, 0) is 67.8 Å². The number of amides is 2. The molecule has 6 nitrogen and oxygen atoms in total. The predicted molar refractivity (Wildman–Crippen MR) is 136 cm³/mol. The molecule has 35 heavy (non-hydrogen) atoms. The quantitative estimate of drug-likeness (QED) is 0.328. The lowest BCUT2D eigenvalue weighted by Gasteiger charge is -2.27. The first kappa shape index (κ1) is 24.3. The molecule has 1 aromatic heterocycles. The standard InChI is InChI=1S/C28H31FN4O2/c1-18(2)19(3)31-28(34)32-20(4)27(21-8-6-5-7-9-21)35-25-14-15-26-22(16-25)17-30-33(26)24-12-10-23(29)11-13-24/h5-20,27H,1-4H3,(H2,31,32,34)/t19-,20+,27+/m1/s1. The van der Waals surface area contributed by atoms with Crippen molar-refractivity contribution in [1.29, 1.82) is 0 Å². The SMILES string of the molecule is CC(C)[C@@H](C)NC(=O)N[C@@H](C)[C@H](Oc1ccc2c(cnn2-c2ccc(F)cc2)c1)c1ccccc1. The minimum absolute atomic E-state index is 0.0540. The second-order valence-electron chi connectivity index (χ2n) is 9.14. The minimum atomic E-state index is -0.402. The topological polar surface area (TPSA) is 68.2 Å². The van der Waals surface area contributed by atoms with Crippen LogP contribution in [0.15, 0.2) is 79.0 Å². The Hall–Kier alpha value is -3.87. The number of nitrogens with one attached hydrogen (secondary N) is 2. The van der Waals surface area contributed by atoms with Crippen LogP contribution in [0.2, 0.25) is 0 Å². The molecule has 0 spiro atoms. The second kappa shape index (κ2) is 10.6. The Balaban J connectivity index is 1.56. The maximum Gasteiger partial charge on any atom is 0.315 e. The van der Waals surface area contributed by atoms with Gasteiger partial charge in [0.25, 0.3) is 0 Å². The van der Waals surface area contributed by atoms with Gasteiger partial charge in [0.05, 0.1) is 23.4 Å². The lowest BCUT2D eigenvalue weighted by Crippen LogP contribution is -2.48. The van der Waals surface area contributed by atoms with Crippen molar-refractivity contribution in [1.82, 2.24) is 20.4 Å². The van der Waals surface area contributed by atoms with Crippen LogP contribution in [0.5, 0.6) is 5.75 Å². The van der Waals surface area contributed by atoms with Crippen LogP contribution >= 0.6 is 0 Å². The fraction of sp³-hybridized carbons (Fsp3) is 0.286. The average Bonchev–Trinajstić information content (AvgIpc) is 3.26. The lowest BCUT2D eigenvalue weighted by atomic mass is 10.0. The van der Waals surface area contributed by atoms with Gasteiger partial charge in [0, 0.05) is 11.4 Å². The van der Waals surface area contributed by atoms with Crippen LogP contribution in [0.1, 0.15) is 39.4 Å². The third kappa shape index (κ3) is 5.80. The first-order chi connectivity index (χ1) is 16.8. The molecule has 0 aliphatic rings. The third-order valence-corrected chi connectivity index (χ3v) is 6.17. The molecule has 1 heterocycles. The van der Waals surface area contributed by atoms with E-state index in [1.54, 1.807) is 23.0 Å². The molecule has 0 aliphatic carbocycles. The Morgan fingerprint density at radius 3 is 2.29 bits per heavy atom. The fourth-order valence-electron chi connectivity index (χ4n) is 3.82. The Morgan fingerprint density at radius 1 is 0.914 bits per heavy atom. The zero-order valence-corrected chi connectivity index (χ0v) is 20.4. The maximum atomic E-state index is 13.3. The zero-order valence-electron chi connectivity index (χ0n) is 20.4. The highest BCUT2D eigenvalue weighted by atomic mass is 19.1. The number of ether oxygens (including phenoxy) is 1. The molecule has 2 amide bonds. The number of hydrogen-bond donors (Lipinski definition) is 2. The molecule has 3 aromatic carbocycles. The molecule has 7 heteroatoms. The second-order valence-corrected chi connectivity index (χ2v) is 9.14. The van der Waals surface area contributed by atoms with Crippen LogP contribution in [-0.4, -0.2) is 27.9 Å². The molecule has 0 aliphatic heterocycles. The summed E-state index contributed by atoms with van der Waals surface area (Å²) in [6.45, 7) is 8.06. The number of carbonyl (C=O) groups excluding carboxylic acids is 1. The monoisotopic (exact) mass is 474 g/mol. The Labute approximate surface area is 205 Å². The van der Waals surface area contributed by atoms with Crippen LogP contribution in [0.3, 0.4) is 0 Å². The van der Waals surface area contributed by atoms with Gasteiger partial charge in [-0.3, -0.25) is 0 Å².